The van der Waals surface area contributed by atoms with Gasteiger partial charge in [0.25, 0.3) is 5.91 Å². The first kappa shape index (κ1) is 16.2. The van der Waals surface area contributed by atoms with Crippen LogP contribution in [0.4, 0.5) is 0 Å². The van der Waals surface area contributed by atoms with Gasteiger partial charge in [0.2, 0.25) is 0 Å². The molecule has 1 atom stereocenters. The van der Waals surface area contributed by atoms with E-state index in [9.17, 15) is 4.79 Å². The highest BCUT2D eigenvalue weighted by molar-refractivity contribution is 7.09. The third-order valence-corrected chi connectivity index (χ3v) is 4.82. The molecule has 1 unspecified atom stereocenters. The van der Waals surface area contributed by atoms with E-state index in [0.717, 1.165) is 10.6 Å². The minimum absolute atomic E-state index is 0.172. The topological polar surface area (TPSA) is 59.2 Å². The van der Waals surface area contributed by atoms with Crippen LogP contribution in [-0.4, -0.2) is 22.8 Å². The fourth-order valence-corrected chi connectivity index (χ4v) is 2.92. The van der Waals surface area contributed by atoms with Gasteiger partial charge in [0, 0.05) is 19.0 Å². The van der Waals surface area contributed by atoms with Gasteiger partial charge in [-0.2, -0.15) is 0 Å². The lowest BCUT2D eigenvalue weighted by Gasteiger charge is -2.17. The van der Waals surface area contributed by atoms with Gasteiger partial charge in [-0.3, -0.25) is 4.79 Å². The van der Waals surface area contributed by atoms with Crippen LogP contribution in [0.2, 0.25) is 10.0 Å². The summed E-state index contributed by atoms with van der Waals surface area (Å²) in [6.45, 7) is 2.20. The summed E-state index contributed by atoms with van der Waals surface area (Å²) in [7, 11) is 1.70. The lowest BCUT2D eigenvalue weighted by Crippen LogP contribution is -2.26. The van der Waals surface area contributed by atoms with E-state index in [0.29, 0.717) is 22.3 Å². The fourth-order valence-electron chi connectivity index (χ4n) is 1.79. The molecule has 0 saturated heterocycles. The molecule has 0 fully saturated rings. The molecule has 4 nitrogen and oxygen atoms in total. The lowest BCUT2D eigenvalue weighted by molar-refractivity contribution is 0.0780. The highest BCUT2D eigenvalue weighted by Gasteiger charge is 2.18. The number of nitrogens with zero attached hydrogens (tertiary/aromatic N) is 2. The molecule has 1 aromatic heterocycles. The first-order valence-corrected chi connectivity index (χ1v) is 7.93. The van der Waals surface area contributed by atoms with Crippen LogP contribution in [-0.2, 0) is 6.54 Å². The monoisotopic (exact) mass is 343 g/mol. The zero-order valence-electron chi connectivity index (χ0n) is 11.6. The number of carbonyl (C=O) groups excluding carboxylic acids is 1. The average Bonchev–Trinajstić information content (AvgIpc) is 2.93. The molecular weight excluding hydrogens is 329 g/mol. The number of hydrogen-bond donors (Lipinski definition) is 1. The molecule has 0 aliphatic heterocycles. The van der Waals surface area contributed by atoms with Gasteiger partial charge in [-0.25, -0.2) is 4.98 Å². The number of benzene rings is 1. The summed E-state index contributed by atoms with van der Waals surface area (Å²) in [5.74, 6) is -0.172. The van der Waals surface area contributed by atoms with E-state index in [2.05, 4.69) is 4.98 Å². The number of halogens is 2. The molecule has 1 heterocycles. The molecule has 0 radical (unpaired) electrons. The van der Waals surface area contributed by atoms with Gasteiger partial charge >= 0.3 is 0 Å². The SMILES string of the molecule is CC(N)c1nc(C(=O)N(C)Cc2cccc(Cl)c2Cl)cs1. The summed E-state index contributed by atoms with van der Waals surface area (Å²) in [5.41, 5.74) is 6.94. The van der Waals surface area contributed by atoms with Gasteiger partial charge < -0.3 is 10.6 Å². The molecular formula is C14H15Cl2N3OS. The van der Waals surface area contributed by atoms with Crippen molar-refractivity contribution in [3.05, 3.63) is 49.9 Å². The molecule has 7 heteroatoms. The van der Waals surface area contributed by atoms with Gasteiger partial charge in [-0.15, -0.1) is 11.3 Å². The van der Waals surface area contributed by atoms with Gasteiger partial charge in [0.15, 0.2) is 0 Å². The summed E-state index contributed by atoms with van der Waals surface area (Å²) in [4.78, 5) is 18.1. The number of aromatic nitrogens is 1. The van der Waals surface area contributed by atoms with Gasteiger partial charge in [-0.1, -0.05) is 35.3 Å². The van der Waals surface area contributed by atoms with Gasteiger partial charge in [0.05, 0.1) is 16.1 Å². The maximum Gasteiger partial charge on any atom is 0.273 e. The Morgan fingerprint density at radius 2 is 2.19 bits per heavy atom. The molecule has 1 aromatic carbocycles. The number of carbonyl (C=O) groups is 1. The van der Waals surface area contributed by atoms with E-state index in [1.807, 2.05) is 13.0 Å². The number of nitrogens with two attached hydrogens (primary N) is 1. The Kier molecular flexibility index (Phi) is 5.22. The Hall–Kier alpha value is -1.14. The Balaban J connectivity index is 2.13. The van der Waals surface area contributed by atoms with Crippen LogP contribution < -0.4 is 5.73 Å². The van der Waals surface area contributed by atoms with E-state index in [1.165, 1.54) is 11.3 Å². The van der Waals surface area contributed by atoms with Crippen molar-refractivity contribution < 1.29 is 4.79 Å². The van der Waals surface area contributed by atoms with Crippen molar-refractivity contribution in [1.29, 1.82) is 0 Å². The summed E-state index contributed by atoms with van der Waals surface area (Å²) in [6, 6.07) is 5.18. The normalized spacial score (nSPS) is 12.2. The maximum atomic E-state index is 12.3. The molecule has 112 valence electrons. The highest BCUT2D eigenvalue weighted by Crippen LogP contribution is 2.26. The number of thiazole rings is 1. The molecule has 2 aromatic rings. The molecule has 1 amide bonds. The molecule has 0 saturated carbocycles. The largest absolute Gasteiger partial charge is 0.336 e. The van der Waals surface area contributed by atoms with Crippen molar-refractivity contribution in [3.63, 3.8) is 0 Å². The first-order valence-electron chi connectivity index (χ1n) is 6.29. The van der Waals surface area contributed by atoms with E-state index < -0.39 is 0 Å². The van der Waals surface area contributed by atoms with Crippen LogP contribution in [0.3, 0.4) is 0 Å². The molecule has 0 spiro atoms. The van der Waals surface area contributed by atoms with Gasteiger partial charge in [-0.05, 0) is 18.6 Å². The maximum absolute atomic E-state index is 12.3. The Labute approximate surface area is 137 Å². The summed E-state index contributed by atoms with van der Waals surface area (Å²) < 4.78 is 0. The van der Waals surface area contributed by atoms with Crippen LogP contribution >= 0.6 is 34.5 Å². The molecule has 2 N–H and O–H groups in total. The van der Waals surface area contributed by atoms with E-state index >= 15 is 0 Å². The van der Waals surface area contributed by atoms with Crippen molar-refractivity contribution >= 4 is 40.4 Å². The zero-order valence-corrected chi connectivity index (χ0v) is 14.0. The van der Waals surface area contributed by atoms with Gasteiger partial charge in [0.1, 0.15) is 10.7 Å². The Bertz CT molecular complexity index is 657. The van der Waals surface area contributed by atoms with Crippen LogP contribution in [0.15, 0.2) is 23.6 Å². The van der Waals surface area contributed by atoms with E-state index in [4.69, 9.17) is 28.9 Å². The number of amides is 1. The molecule has 0 aliphatic carbocycles. The average molecular weight is 344 g/mol. The predicted molar refractivity (Wildman–Crippen MR) is 87.0 cm³/mol. The summed E-state index contributed by atoms with van der Waals surface area (Å²) in [5, 5.41) is 3.40. The van der Waals surface area contributed by atoms with E-state index in [-0.39, 0.29) is 11.9 Å². The Morgan fingerprint density at radius 3 is 2.81 bits per heavy atom. The van der Waals surface area contributed by atoms with Crippen LogP contribution in [0.25, 0.3) is 0 Å². The zero-order chi connectivity index (χ0) is 15.6. The smallest absolute Gasteiger partial charge is 0.273 e. The quantitative estimate of drug-likeness (QED) is 0.919. The fraction of sp³-hybridized carbons (Fsp3) is 0.286. The second kappa shape index (κ2) is 6.75. The van der Waals surface area contributed by atoms with E-state index in [1.54, 1.807) is 29.5 Å². The second-order valence-electron chi connectivity index (χ2n) is 4.73. The molecule has 0 bridgehead atoms. The third kappa shape index (κ3) is 3.74. The standard InChI is InChI=1S/C14H15Cl2N3OS/c1-8(17)13-18-11(7-21-13)14(20)19(2)6-9-4-3-5-10(15)12(9)16/h3-5,7-8H,6,17H2,1-2H3. The first-order chi connectivity index (χ1) is 9.90. The minimum Gasteiger partial charge on any atom is -0.336 e. The van der Waals surface area contributed by atoms with Crippen molar-refractivity contribution in [1.82, 2.24) is 9.88 Å². The van der Waals surface area contributed by atoms with Crippen LogP contribution in [0, 0.1) is 0 Å². The second-order valence-corrected chi connectivity index (χ2v) is 6.41. The number of hydrogen-bond acceptors (Lipinski definition) is 4. The third-order valence-electron chi connectivity index (χ3n) is 2.92. The van der Waals surface area contributed by atoms with Crippen LogP contribution in [0.5, 0.6) is 0 Å². The van der Waals surface area contributed by atoms with Crippen molar-refractivity contribution in [2.45, 2.75) is 19.5 Å². The molecule has 0 aliphatic rings. The number of rotatable bonds is 4. The van der Waals surface area contributed by atoms with Crippen molar-refractivity contribution in [2.75, 3.05) is 7.05 Å². The van der Waals surface area contributed by atoms with Crippen molar-refractivity contribution in [2.24, 2.45) is 5.73 Å². The van der Waals surface area contributed by atoms with Crippen molar-refractivity contribution in [3.8, 4) is 0 Å². The lowest BCUT2D eigenvalue weighted by atomic mass is 10.2. The van der Waals surface area contributed by atoms with Crippen LogP contribution in [0.1, 0.15) is 34.0 Å². The Morgan fingerprint density at radius 1 is 1.48 bits per heavy atom. The molecule has 21 heavy (non-hydrogen) atoms. The minimum atomic E-state index is -0.177. The predicted octanol–water partition coefficient (Wildman–Crippen LogP) is 3.74. The summed E-state index contributed by atoms with van der Waals surface area (Å²) in [6.07, 6.45) is 0. The highest BCUT2D eigenvalue weighted by atomic mass is 35.5. The summed E-state index contributed by atoms with van der Waals surface area (Å²) >= 11 is 13.5. The molecule has 2 rings (SSSR count).